The van der Waals surface area contributed by atoms with Crippen molar-refractivity contribution in [2.24, 2.45) is 0 Å². The van der Waals surface area contributed by atoms with Gasteiger partial charge in [0.05, 0.1) is 0 Å². The van der Waals surface area contributed by atoms with Crippen LogP contribution in [0.5, 0.6) is 0 Å². The number of ether oxygens (including phenoxy) is 1. The van der Waals surface area contributed by atoms with E-state index in [1.54, 1.807) is 7.05 Å². The van der Waals surface area contributed by atoms with Crippen LogP contribution in [-0.4, -0.2) is 42.9 Å². The van der Waals surface area contributed by atoms with Gasteiger partial charge in [-0.3, -0.25) is 4.79 Å². The van der Waals surface area contributed by atoms with E-state index in [-0.39, 0.29) is 12.6 Å². The van der Waals surface area contributed by atoms with Crippen molar-refractivity contribution in [2.75, 3.05) is 20.9 Å². The molecule has 0 saturated carbocycles. The fourth-order valence-electron chi connectivity index (χ4n) is 0.576. The molecule has 1 unspecified atom stereocenters. The molecule has 1 amide bonds. The number of aliphatic hydroxyl groups is 1. The third-order valence-corrected chi connectivity index (χ3v) is 1.06. The van der Waals surface area contributed by atoms with Crippen molar-refractivity contribution in [3.8, 4) is 0 Å². The molecule has 0 heterocycles. The van der Waals surface area contributed by atoms with Crippen LogP contribution in [-0.2, 0) is 9.53 Å². The number of methoxy groups -OCH3 is 1. The van der Waals surface area contributed by atoms with Crippen molar-refractivity contribution in [3.63, 3.8) is 0 Å². The number of carbonyl (C=O) groups excluding carboxylic acids is 1. The Hall–Kier alpha value is -0.610. The lowest BCUT2D eigenvalue weighted by Gasteiger charge is -2.16. The molecule has 0 aliphatic carbocycles. The minimum absolute atomic E-state index is 0.212. The maximum atomic E-state index is 10.8. The van der Waals surface area contributed by atoms with Crippen molar-refractivity contribution < 1.29 is 14.6 Å². The molecule has 0 radical (unpaired) electrons. The Bertz CT molecular complexity index is 114. The highest BCUT2D eigenvalue weighted by Gasteiger charge is 2.12. The second-order valence-electron chi connectivity index (χ2n) is 2.13. The van der Waals surface area contributed by atoms with E-state index in [4.69, 9.17) is 5.11 Å². The molecule has 0 aromatic heterocycles. The lowest BCUT2D eigenvalue weighted by atomic mass is 10.4. The van der Waals surface area contributed by atoms with E-state index in [9.17, 15) is 4.79 Å². The van der Waals surface area contributed by atoms with E-state index in [2.05, 4.69) is 4.74 Å². The third kappa shape index (κ3) is 2.80. The summed E-state index contributed by atoms with van der Waals surface area (Å²) in [7, 11) is 3.06. The third-order valence-electron chi connectivity index (χ3n) is 1.06. The number of likely N-dealkylation sites (N-methyl/N-ethyl adjacent to an activating group) is 1. The van der Waals surface area contributed by atoms with Crippen molar-refractivity contribution in [1.29, 1.82) is 0 Å². The Kier molecular flexibility index (Phi) is 3.99. The van der Waals surface area contributed by atoms with Crippen LogP contribution in [0.3, 0.4) is 0 Å². The molecule has 1 N–H and O–H groups in total. The van der Waals surface area contributed by atoms with Gasteiger partial charge >= 0.3 is 0 Å². The van der Waals surface area contributed by atoms with Crippen LogP contribution in [0.1, 0.15) is 6.92 Å². The van der Waals surface area contributed by atoms with Crippen molar-refractivity contribution in [3.05, 3.63) is 0 Å². The van der Waals surface area contributed by atoms with E-state index in [1.807, 2.05) is 0 Å². The second kappa shape index (κ2) is 4.24. The lowest BCUT2D eigenvalue weighted by Crippen LogP contribution is -2.35. The Balaban J connectivity index is 3.71. The SMILES string of the molecule is COCN(C)C(=O)C(C)O. The second-order valence-corrected chi connectivity index (χ2v) is 2.13. The topological polar surface area (TPSA) is 49.8 Å². The molecular weight excluding hydrogens is 134 g/mol. The normalized spacial score (nSPS) is 12.8. The van der Waals surface area contributed by atoms with E-state index in [0.29, 0.717) is 0 Å². The monoisotopic (exact) mass is 147 g/mol. The largest absolute Gasteiger partial charge is 0.384 e. The lowest BCUT2D eigenvalue weighted by molar-refractivity contribution is -0.142. The molecule has 0 spiro atoms. The van der Waals surface area contributed by atoms with Crippen LogP contribution in [0.4, 0.5) is 0 Å². The van der Waals surface area contributed by atoms with Gasteiger partial charge in [-0.15, -0.1) is 0 Å². The molecule has 0 aliphatic heterocycles. The van der Waals surface area contributed by atoms with E-state index >= 15 is 0 Å². The average Bonchev–Trinajstić information content (AvgIpc) is 1.87. The van der Waals surface area contributed by atoms with E-state index in [1.165, 1.54) is 18.9 Å². The van der Waals surface area contributed by atoms with Crippen molar-refractivity contribution >= 4 is 5.91 Å². The number of carbonyl (C=O) groups is 1. The Morgan fingerprint density at radius 1 is 1.80 bits per heavy atom. The maximum absolute atomic E-state index is 10.8. The average molecular weight is 147 g/mol. The molecule has 0 aromatic rings. The van der Waals surface area contributed by atoms with Gasteiger partial charge in [-0.25, -0.2) is 0 Å². The standard InChI is InChI=1S/C6H13NO3/c1-5(8)6(9)7(2)4-10-3/h5,8H,4H2,1-3H3. The van der Waals surface area contributed by atoms with Gasteiger partial charge in [-0.05, 0) is 6.92 Å². The van der Waals surface area contributed by atoms with Gasteiger partial charge in [0, 0.05) is 14.2 Å². The highest BCUT2D eigenvalue weighted by molar-refractivity contribution is 5.79. The summed E-state index contributed by atoms with van der Waals surface area (Å²) in [4.78, 5) is 12.1. The number of hydrogen-bond acceptors (Lipinski definition) is 3. The number of amides is 1. The van der Waals surface area contributed by atoms with Crippen LogP contribution >= 0.6 is 0 Å². The predicted molar refractivity (Wildman–Crippen MR) is 36.3 cm³/mol. The molecule has 1 atom stereocenters. The molecular formula is C6H13NO3. The zero-order chi connectivity index (χ0) is 8.15. The summed E-state index contributed by atoms with van der Waals surface area (Å²) < 4.78 is 4.67. The zero-order valence-corrected chi connectivity index (χ0v) is 6.50. The molecule has 0 bridgehead atoms. The van der Waals surface area contributed by atoms with Crippen LogP contribution in [0.15, 0.2) is 0 Å². The summed E-state index contributed by atoms with van der Waals surface area (Å²) in [5.74, 6) is -0.332. The summed E-state index contributed by atoms with van der Waals surface area (Å²) in [5, 5.41) is 8.77. The summed E-state index contributed by atoms with van der Waals surface area (Å²) in [5.41, 5.74) is 0. The molecule has 0 aromatic carbocycles. The van der Waals surface area contributed by atoms with Gasteiger partial charge in [0.15, 0.2) is 0 Å². The minimum atomic E-state index is -0.944. The molecule has 4 nitrogen and oxygen atoms in total. The quantitative estimate of drug-likeness (QED) is 0.544. The number of hydrogen-bond donors (Lipinski definition) is 1. The predicted octanol–water partition coefficient (Wildman–Crippen LogP) is -0.571. The van der Waals surface area contributed by atoms with Gasteiger partial charge in [0.25, 0.3) is 5.91 Å². The zero-order valence-electron chi connectivity index (χ0n) is 6.50. The fraction of sp³-hybridized carbons (Fsp3) is 0.833. The molecule has 10 heavy (non-hydrogen) atoms. The van der Waals surface area contributed by atoms with Gasteiger partial charge in [0.2, 0.25) is 0 Å². The molecule has 0 saturated heterocycles. The number of rotatable bonds is 3. The Morgan fingerprint density at radius 2 is 2.30 bits per heavy atom. The maximum Gasteiger partial charge on any atom is 0.252 e. The van der Waals surface area contributed by atoms with Gasteiger partial charge in [-0.2, -0.15) is 0 Å². The molecule has 0 aliphatic rings. The van der Waals surface area contributed by atoms with Crippen LogP contribution in [0.25, 0.3) is 0 Å². The smallest absolute Gasteiger partial charge is 0.252 e. The first-order chi connectivity index (χ1) is 4.59. The summed E-state index contributed by atoms with van der Waals surface area (Å²) >= 11 is 0. The Labute approximate surface area is 60.4 Å². The van der Waals surface area contributed by atoms with Crippen molar-refractivity contribution in [2.45, 2.75) is 13.0 Å². The molecule has 0 fully saturated rings. The fourth-order valence-corrected chi connectivity index (χ4v) is 0.576. The highest BCUT2D eigenvalue weighted by Crippen LogP contribution is 1.89. The Morgan fingerprint density at radius 3 is 2.60 bits per heavy atom. The molecule has 4 heteroatoms. The summed E-state index contributed by atoms with van der Waals surface area (Å²) in [6.45, 7) is 1.64. The summed E-state index contributed by atoms with van der Waals surface area (Å²) in [6, 6.07) is 0. The van der Waals surface area contributed by atoms with Crippen LogP contribution in [0, 0.1) is 0 Å². The van der Waals surface area contributed by atoms with Gasteiger partial charge in [-0.1, -0.05) is 0 Å². The highest BCUT2D eigenvalue weighted by atomic mass is 16.5. The van der Waals surface area contributed by atoms with E-state index in [0.717, 1.165) is 0 Å². The molecule has 0 rings (SSSR count). The first-order valence-corrected chi connectivity index (χ1v) is 3.01. The summed E-state index contributed by atoms with van der Waals surface area (Å²) in [6.07, 6.45) is -0.944. The number of nitrogens with zero attached hydrogens (tertiary/aromatic N) is 1. The number of aliphatic hydroxyl groups excluding tert-OH is 1. The first-order valence-electron chi connectivity index (χ1n) is 3.01. The van der Waals surface area contributed by atoms with E-state index < -0.39 is 6.10 Å². The van der Waals surface area contributed by atoms with Crippen molar-refractivity contribution in [1.82, 2.24) is 4.90 Å². The van der Waals surface area contributed by atoms with Gasteiger partial charge < -0.3 is 14.7 Å². The minimum Gasteiger partial charge on any atom is -0.384 e. The van der Waals surface area contributed by atoms with Crippen LogP contribution < -0.4 is 0 Å². The first kappa shape index (κ1) is 9.39. The molecule has 60 valence electrons. The van der Waals surface area contributed by atoms with Crippen LogP contribution in [0.2, 0.25) is 0 Å². The van der Waals surface area contributed by atoms with Gasteiger partial charge in [0.1, 0.15) is 12.8 Å².